The minimum absolute atomic E-state index is 0.229. The summed E-state index contributed by atoms with van der Waals surface area (Å²) in [6.07, 6.45) is 0.457. The molecule has 0 bridgehead atoms. The fourth-order valence-corrected chi connectivity index (χ4v) is 1.37. The lowest BCUT2D eigenvalue weighted by molar-refractivity contribution is 0.0778. The van der Waals surface area contributed by atoms with E-state index in [0.29, 0.717) is 5.75 Å². The molecule has 1 atom stereocenters. The van der Waals surface area contributed by atoms with Crippen LogP contribution in [0.15, 0.2) is 36.9 Å². The van der Waals surface area contributed by atoms with Crippen molar-refractivity contribution in [3.8, 4) is 5.75 Å². The van der Waals surface area contributed by atoms with Gasteiger partial charge in [-0.3, -0.25) is 4.79 Å². The van der Waals surface area contributed by atoms with Crippen molar-refractivity contribution in [3.63, 3.8) is 0 Å². The number of hydrogen-bond donors (Lipinski definition) is 0. The molecule has 0 spiro atoms. The number of methoxy groups -OCH3 is 1. The topological polar surface area (TPSA) is 57.0 Å². The smallest absolute Gasteiger partial charge is 0.255 e. The van der Waals surface area contributed by atoms with Crippen LogP contribution < -0.4 is 4.74 Å². The first-order valence-electron chi connectivity index (χ1n) is 4.89. The molecule has 2 aromatic rings. The summed E-state index contributed by atoms with van der Waals surface area (Å²) in [5, 5.41) is 3.58. The van der Waals surface area contributed by atoms with Gasteiger partial charge in [0.15, 0.2) is 0 Å². The molecule has 1 unspecified atom stereocenters. The van der Waals surface area contributed by atoms with Crippen LogP contribution in [0.4, 0.5) is 4.39 Å². The number of rotatable bonds is 4. The Morgan fingerprint density at radius 3 is 3.00 bits per heavy atom. The van der Waals surface area contributed by atoms with Crippen molar-refractivity contribution >= 4 is 5.78 Å². The third kappa shape index (κ3) is 2.30. The fraction of sp³-hybridized carbons (Fsp3) is 0.182. The predicted octanol–water partition coefficient (Wildman–Crippen LogP) is 1.64. The highest BCUT2D eigenvalue weighted by Crippen LogP contribution is 2.18. The van der Waals surface area contributed by atoms with E-state index in [1.807, 2.05) is 0 Å². The Hall–Kier alpha value is -2.24. The first kappa shape index (κ1) is 11.3. The van der Waals surface area contributed by atoms with Crippen LogP contribution >= 0.6 is 0 Å². The van der Waals surface area contributed by atoms with Crippen molar-refractivity contribution in [3.05, 3.63) is 42.5 Å². The molecule has 5 nitrogen and oxygen atoms in total. The second kappa shape index (κ2) is 4.73. The molecule has 1 aromatic carbocycles. The Morgan fingerprint density at radius 1 is 1.53 bits per heavy atom. The summed E-state index contributed by atoms with van der Waals surface area (Å²) < 4.78 is 19.6. The van der Waals surface area contributed by atoms with Crippen LogP contribution in [0.5, 0.6) is 5.75 Å². The van der Waals surface area contributed by atoms with Crippen molar-refractivity contribution in [2.45, 2.75) is 6.30 Å². The predicted molar refractivity (Wildman–Crippen MR) is 57.5 cm³/mol. The molecule has 1 heterocycles. The van der Waals surface area contributed by atoms with Crippen LogP contribution in [0.3, 0.4) is 0 Å². The van der Waals surface area contributed by atoms with E-state index in [0.717, 1.165) is 11.0 Å². The Labute approximate surface area is 96.9 Å². The minimum atomic E-state index is -1.87. The number of ketones is 1. The molecule has 1 aromatic heterocycles. The first-order valence-corrected chi connectivity index (χ1v) is 4.89. The van der Waals surface area contributed by atoms with Gasteiger partial charge in [-0.15, -0.1) is 0 Å². The molecule has 0 saturated carbocycles. The molecular formula is C11H10FN3O2. The van der Waals surface area contributed by atoms with Crippen LogP contribution in [-0.2, 0) is 0 Å². The van der Waals surface area contributed by atoms with Gasteiger partial charge >= 0.3 is 0 Å². The van der Waals surface area contributed by atoms with Crippen LogP contribution in [0, 0.1) is 0 Å². The normalized spacial score (nSPS) is 12.1. The third-order valence-electron chi connectivity index (χ3n) is 2.24. The number of benzene rings is 1. The lowest BCUT2D eigenvalue weighted by Gasteiger charge is -2.07. The van der Waals surface area contributed by atoms with E-state index >= 15 is 0 Å². The highest BCUT2D eigenvalue weighted by molar-refractivity contribution is 5.98. The summed E-state index contributed by atoms with van der Waals surface area (Å²) in [5.41, 5.74) is 0.229. The number of carbonyl (C=O) groups is 1. The van der Waals surface area contributed by atoms with Gasteiger partial charge in [-0.1, -0.05) is 12.1 Å². The van der Waals surface area contributed by atoms with E-state index in [-0.39, 0.29) is 5.56 Å². The lowest BCUT2D eigenvalue weighted by atomic mass is 10.1. The zero-order valence-electron chi connectivity index (χ0n) is 9.08. The van der Waals surface area contributed by atoms with Crippen LogP contribution in [0.1, 0.15) is 16.7 Å². The molecule has 88 valence electrons. The fourth-order valence-electron chi connectivity index (χ4n) is 1.37. The van der Waals surface area contributed by atoms with Gasteiger partial charge in [0.05, 0.1) is 7.11 Å². The van der Waals surface area contributed by atoms with E-state index < -0.39 is 12.1 Å². The Kier molecular flexibility index (Phi) is 3.13. The molecule has 0 aliphatic rings. The second-order valence-corrected chi connectivity index (χ2v) is 3.31. The molecule has 0 saturated heterocycles. The van der Waals surface area contributed by atoms with Crippen molar-refractivity contribution in [1.82, 2.24) is 14.8 Å². The molecule has 6 heteroatoms. The highest BCUT2D eigenvalue weighted by Gasteiger charge is 2.21. The van der Waals surface area contributed by atoms with Crippen molar-refractivity contribution in [1.29, 1.82) is 0 Å². The molecule has 0 amide bonds. The standard InChI is InChI=1S/C11H10FN3O2/c1-17-9-4-2-3-8(5-9)10(16)11(12)15-7-13-6-14-15/h2-7,11H,1H3. The Bertz CT molecular complexity index is 513. The number of halogens is 1. The van der Waals surface area contributed by atoms with Gasteiger partial charge in [0.25, 0.3) is 6.30 Å². The molecule has 0 N–H and O–H groups in total. The molecule has 0 radical (unpaired) electrons. The first-order chi connectivity index (χ1) is 8.22. The molecule has 17 heavy (non-hydrogen) atoms. The van der Waals surface area contributed by atoms with Gasteiger partial charge in [-0.2, -0.15) is 5.10 Å². The van der Waals surface area contributed by atoms with Crippen LogP contribution in [0.25, 0.3) is 0 Å². The van der Waals surface area contributed by atoms with Crippen LogP contribution in [0.2, 0.25) is 0 Å². The number of carbonyl (C=O) groups excluding carboxylic acids is 1. The maximum Gasteiger partial charge on any atom is 0.255 e. The SMILES string of the molecule is COc1cccc(C(=O)C(F)n2cncn2)c1. The summed E-state index contributed by atoms with van der Waals surface area (Å²) in [4.78, 5) is 15.4. The summed E-state index contributed by atoms with van der Waals surface area (Å²) in [6.45, 7) is 0. The second-order valence-electron chi connectivity index (χ2n) is 3.31. The average molecular weight is 235 g/mol. The molecular weight excluding hydrogens is 225 g/mol. The van der Waals surface area contributed by atoms with E-state index in [9.17, 15) is 9.18 Å². The molecule has 0 aliphatic carbocycles. The van der Waals surface area contributed by atoms with E-state index in [1.54, 1.807) is 12.1 Å². The van der Waals surface area contributed by atoms with Crippen molar-refractivity contribution in [2.75, 3.05) is 7.11 Å². The number of nitrogens with zero attached hydrogens (tertiary/aromatic N) is 3. The third-order valence-corrected chi connectivity index (χ3v) is 2.24. The number of hydrogen-bond acceptors (Lipinski definition) is 4. The Balaban J connectivity index is 2.24. The number of ether oxygens (including phenoxy) is 1. The zero-order chi connectivity index (χ0) is 12.3. The highest BCUT2D eigenvalue weighted by atomic mass is 19.1. The van der Waals surface area contributed by atoms with Crippen LogP contribution in [-0.4, -0.2) is 27.7 Å². The zero-order valence-corrected chi connectivity index (χ0v) is 9.08. The quantitative estimate of drug-likeness (QED) is 0.756. The number of Topliss-reactive ketones (excluding diaryl/α,β-unsaturated/α-hetero) is 1. The summed E-state index contributed by atoms with van der Waals surface area (Å²) in [6, 6.07) is 6.31. The summed E-state index contributed by atoms with van der Waals surface area (Å²) in [7, 11) is 1.48. The maximum atomic E-state index is 13.8. The monoisotopic (exact) mass is 235 g/mol. The number of alkyl halides is 1. The van der Waals surface area contributed by atoms with Crippen molar-refractivity contribution < 1.29 is 13.9 Å². The van der Waals surface area contributed by atoms with Gasteiger partial charge in [-0.25, -0.2) is 14.1 Å². The summed E-state index contributed by atoms with van der Waals surface area (Å²) >= 11 is 0. The average Bonchev–Trinajstić information content (AvgIpc) is 2.91. The summed E-state index contributed by atoms with van der Waals surface area (Å²) in [5.74, 6) is -0.184. The van der Waals surface area contributed by atoms with E-state index in [2.05, 4.69) is 10.1 Å². The van der Waals surface area contributed by atoms with Gasteiger partial charge < -0.3 is 4.74 Å². The van der Waals surface area contributed by atoms with Crippen molar-refractivity contribution in [2.24, 2.45) is 0 Å². The van der Waals surface area contributed by atoms with Gasteiger partial charge in [-0.05, 0) is 12.1 Å². The molecule has 0 fully saturated rings. The van der Waals surface area contributed by atoms with Gasteiger partial charge in [0.1, 0.15) is 18.4 Å². The van der Waals surface area contributed by atoms with Gasteiger partial charge in [0, 0.05) is 5.56 Å². The molecule has 0 aliphatic heterocycles. The molecule has 2 rings (SSSR count). The number of aromatic nitrogens is 3. The van der Waals surface area contributed by atoms with E-state index in [4.69, 9.17) is 4.74 Å². The Morgan fingerprint density at radius 2 is 2.35 bits per heavy atom. The van der Waals surface area contributed by atoms with E-state index in [1.165, 1.54) is 25.6 Å². The maximum absolute atomic E-state index is 13.8. The van der Waals surface area contributed by atoms with Gasteiger partial charge in [0.2, 0.25) is 5.78 Å². The lowest BCUT2D eigenvalue weighted by Crippen LogP contribution is -2.16. The minimum Gasteiger partial charge on any atom is -0.497 e. The largest absolute Gasteiger partial charge is 0.497 e.